The third-order valence-electron chi connectivity index (χ3n) is 2.39. The maximum absolute atomic E-state index is 5.61. The monoisotopic (exact) mass is 241 g/mol. The molecule has 1 atom stereocenters. The van der Waals surface area contributed by atoms with E-state index in [0.29, 0.717) is 12.1 Å². The van der Waals surface area contributed by atoms with Crippen LogP contribution in [0.3, 0.4) is 0 Å². The average Bonchev–Trinajstić information content (AvgIpc) is 2.75. The van der Waals surface area contributed by atoms with Crippen molar-refractivity contribution in [2.75, 3.05) is 13.2 Å². The molecule has 0 amide bonds. The predicted molar refractivity (Wildman–Crippen MR) is 71.1 cm³/mol. The minimum absolute atomic E-state index is 0.329. The Balaban J connectivity index is 2.38. The van der Waals surface area contributed by atoms with Crippen LogP contribution < -0.4 is 5.32 Å². The molecule has 0 saturated carbocycles. The first-order valence-electron chi connectivity index (χ1n) is 6.12. The Labute approximate surface area is 103 Å². The van der Waals surface area contributed by atoms with Crippen molar-refractivity contribution < 1.29 is 4.74 Å². The number of nitrogens with one attached hydrogen (secondary N) is 1. The number of thiophene rings is 1. The van der Waals surface area contributed by atoms with Crippen LogP contribution in [0.1, 0.15) is 44.5 Å². The summed E-state index contributed by atoms with van der Waals surface area (Å²) in [6.45, 7) is 8.27. The molecule has 0 aliphatic heterocycles. The Morgan fingerprint density at radius 2 is 2.25 bits per heavy atom. The van der Waals surface area contributed by atoms with Crippen molar-refractivity contribution in [2.24, 2.45) is 0 Å². The molecular weight excluding hydrogens is 218 g/mol. The highest BCUT2D eigenvalue weighted by molar-refractivity contribution is 7.10. The summed E-state index contributed by atoms with van der Waals surface area (Å²) in [6.07, 6.45) is 2.56. The van der Waals surface area contributed by atoms with E-state index in [9.17, 15) is 0 Å². The van der Waals surface area contributed by atoms with Gasteiger partial charge in [0.15, 0.2) is 0 Å². The van der Waals surface area contributed by atoms with E-state index in [1.54, 1.807) is 0 Å². The maximum Gasteiger partial charge on any atom is 0.0518 e. The molecule has 1 aromatic heterocycles. The minimum Gasteiger partial charge on any atom is -0.379 e. The topological polar surface area (TPSA) is 21.3 Å². The summed E-state index contributed by atoms with van der Waals surface area (Å²) < 4.78 is 5.61. The van der Waals surface area contributed by atoms with Gasteiger partial charge in [-0.3, -0.25) is 0 Å². The molecule has 0 aromatic carbocycles. The van der Waals surface area contributed by atoms with Crippen LogP contribution in [0.4, 0.5) is 0 Å². The Kier molecular flexibility index (Phi) is 6.69. The summed E-state index contributed by atoms with van der Waals surface area (Å²) in [6, 6.07) is 4.77. The van der Waals surface area contributed by atoms with Crippen molar-refractivity contribution in [3.8, 4) is 0 Å². The molecule has 16 heavy (non-hydrogen) atoms. The SMILES string of the molecule is CCCNC(CCOC(C)C)c1cccs1. The van der Waals surface area contributed by atoms with Crippen LogP contribution in [-0.4, -0.2) is 19.3 Å². The molecule has 0 aliphatic carbocycles. The zero-order valence-electron chi connectivity index (χ0n) is 10.5. The van der Waals surface area contributed by atoms with Gasteiger partial charge in [0.2, 0.25) is 0 Å². The fourth-order valence-electron chi connectivity index (χ4n) is 1.57. The maximum atomic E-state index is 5.61. The first-order chi connectivity index (χ1) is 7.74. The lowest BCUT2D eigenvalue weighted by molar-refractivity contribution is 0.0717. The molecule has 0 aliphatic rings. The Morgan fingerprint density at radius 3 is 2.81 bits per heavy atom. The fraction of sp³-hybridized carbons (Fsp3) is 0.692. The van der Waals surface area contributed by atoms with Gasteiger partial charge >= 0.3 is 0 Å². The van der Waals surface area contributed by atoms with Gasteiger partial charge in [-0.05, 0) is 44.7 Å². The molecular formula is C13H23NOS. The van der Waals surface area contributed by atoms with Gasteiger partial charge in [-0.2, -0.15) is 0 Å². The van der Waals surface area contributed by atoms with Crippen LogP contribution in [0.5, 0.6) is 0 Å². The van der Waals surface area contributed by atoms with Crippen molar-refractivity contribution in [2.45, 2.75) is 45.8 Å². The van der Waals surface area contributed by atoms with Gasteiger partial charge in [-0.1, -0.05) is 13.0 Å². The van der Waals surface area contributed by atoms with Crippen molar-refractivity contribution in [1.82, 2.24) is 5.32 Å². The Bertz CT molecular complexity index is 259. The lowest BCUT2D eigenvalue weighted by Gasteiger charge is -2.18. The van der Waals surface area contributed by atoms with E-state index < -0.39 is 0 Å². The first-order valence-corrected chi connectivity index (χ1v) is 7.00. The van der Waals surface area contributed by atoms with Crippen LogP contribution in [-0.2, 0) is 4.74 Å². The van der Waals surface area contributed by atoms with E-state index >= 15 is 0 Å². The van der Waals surface area contributed by atoms with E-state index in [1.165, 1.54) is 11.3 Å². The molecule has 0 radical (unpaired) electrons. The summed E-state index contributed by atoms with van der Waals surface area (Å²) >= 11 is 1.82. The molecule has 1 aromatic rings. The summed E-state index contributed by atoms with van der Waals surface area (Å²) in [5, 5.41) is 5.71. The molecule has 0 fully saturated rings. The number of hydrogen-bond donors (Lipinski definition) is 1. The van der Waals surface area contributed by atoms with Gasteiger partial charge in [-0.25, -0.2) is 0 Å². The van der Waals surface area contributed by atoms with Gasteiger partial charge in [-0.15, -0.1) is 11.3 Å². The summed E-state index contributed by atoms with van der Waals surface area (Å²) in [7, 11) is 0. The van der Waals surface area contributed by atoms with Crippen LogP contribution in [0.15, 0.2) is 17.5 Å². The highest BCUT2D eigenvalue weighted by Crippen LogP contribution is 2.22. The number of hydrogen-bond acceptors (Lipinski definition) is 3. The third kappa shape index (κ3) is 5.10. The number of rotatable bonds is 8. The van der Waals surface area contributed by atoms with Gasteiger partial charge in [0.05, 0.1) is 6.10 Å². The second kappa shape index (κ2) is 7.82. The van der Waals surface area contributed by atoms with Gasteiger partial charge in [0.1, 0.15) is 0 Å². The normalized spacial score (nSPS) is 13.2. The van der Waals surface area contributed by atoms with Crippen LogP contribution in [0, 0.1) is 0 Å². The first kappa shape index (κ1) is 13.7. The molecule has 0 bridgehead atoms. The predicted octanol–water partition coefficient (Wildman–Crippen LogP) is 3.60. The Morgan fingerprint density at radius 1 is 1.44 bits per heavy atom. The summed E-state index contributed by atoms with van der Waals surface area (Å²) in [4.78, 5) is 1.42. The zero-order valence-corrected chi connectivity index (χ0v) is 11.3. The summed E-state index contributed by atoms with van der Waals surface area (Å²) in [5.41, 5.74) is 0. The highest BCUT2D eigenvalue weighted by Gasteiger charge is 2.11. The minimum atomic E-state index is 0.329. The zero-order chi connectivity index (χ0) is 11.8. The molecule has 92 valence electrons. The second-order valence-electron chi connectivity index (χ2n) is 4.23. The average molecular weight is 241 g/mol. The van der Waals surface area contributed by atoms with Gasteiger partial charge < -0.3 is 10.1 Å². The molecule has 0 saturated heterocycles. The van der Waals surface area contributed by atoms with Crippen molar-refractivity contribution in [3.05, 3.63) is 22.4 Å². The molecule has 3 heteroatoms. The second-order valence-corrected chi connectivity index (χ2v) is 5.21. The molecule has 1 heterocycles. The van der Waals surface area contributed by atoms with Crippen LogP contribution in [0.25, 0.3) is 0 Å². The highest BCUT2D eigenvalue weighted by atomic mass is 32.1. The molecule has 1 rings (SSSR count). The quantitative estimate of drug-likeness (QED) is 0.751. The fourth-order valence-corrected chi connectivity index (χ4v) is 2.41. The number of ether oxygens (including phenoxy) is 1. The van der Waals surface area contributed by atoms with Crippen LogP contribution in [0.2, 0.25) is 0 Å². The molecule has 1 N–H and O–H groups in total. The summed E-state index contributed by atoms with van der Waals surface area (Å²) in [5.74, 6) is 0. The largest absolute Gasteiger partial charge is 0.379 e. The van der Waals surface area contributed by atoms with Crippen LogP contribution >= 0.6 is 11.3 Å². The van der Waals surface area contributed by atoms with E-state index in [4.69, 9.17) is 4.74 Å². The molecule has 0 spiro atoms. The third-order valence-corrected chi connectivity index (χ3v) is 3.37. The van der Waals surface area contributed by atoms with Crippen molar-refractivity contribution in [1.29, 1.82) is 0 Å². The van der Waals surface area contributed by atoms with Crippen molar-refractivity contribution >= 4 is 11.3 Å². The molecule has 2 nitrogen and oxygen atoms in total. The van der Waals surface area contributed by atoms with E-state index in [2.05, 4.69) is 43.6 Å². The van der Waals surface area contributed by atoms with E-state index in [1.807, 2.05) is 11.3 Å². The van der Waals surface area contributed by atoms with E-state index in [0.717, 1.165) is 19.6 Å². The smallest absolute Gasteiger partial charge is 0.0518 e. The van der Waals surface area contributed by atoms with Crippen molar-refractivity contribution in [3.63, 3.8) is 0 Å². The lowest BCUT2D eigenvalue weighted by Crippen LogP contribution is -2.23. The van der Waals surface area contributed by atoms with Gasteiger partial charge in [0, 0.05) is 17.5 Å². The van der Waals surface area contributed by atoms with Gasteiger partial charge in [0.25, 0.3) is 0 Å². The standard InChI is InChI=1S/C13H23NOS/c1-4-8-14-12(7-9-15-11(2)3)13-6-5-10-16-13/h5-6,10-12,14H,4,7-9H2,1-3H3. The lowest BCUT2D eigenvalue weighted by atomic mass is 10.1. The molecule has 1 unspecified atom stereocenters. The van der Waals surface area contributed by atoms with E-state index in [-0.39, 0.29) is 0 Å². The Hall–Kier alpha value is -0.380.